The molecule has 0 bridgehead atoms. The van der Waals surface area contributed by atoms with Crippen molar-refractivity contribution in [1.82, 2.24) is 5.32 Å². The van der Waals surface area contributed by atoms with Gasteiger partial charge in [0, 0.05) is 37.9 Å². The number of nitrogens with zero attached hydrogens (tertiary/aromatic N) is 2. The first kappa shape index (κ1) is 22.3. The molecule has 1 N–H and O–H groups in total. The van der Waals surface area contributed by atoms with Gasteiger partial charge >= 0.3 is 0 Å². The maximum Gasteiger partial charge on any atom is 0.273 e. The second kappa shape index (κ2) is 9.72. The number of amides is 1. The monoisotopic (exact) mass is 471 g/mol. The van der Waals surface area contributed by atoms with E-state index in [1.807, 2.05) is 12.1 Å². The molecule has 1 amide bonds. The van der Waals surface area contributed by atoms with E-state index >= 15 is 0 Å². The molecule has 2 heterocycles. The second-order valence-corrected chi connectivity index (χ2v) is 10.5. The van der Waals surface area contributed by atoms with Crippen molar-refractivity contribution in [2.24, 2.45) is 0 Å². The molecule has 4 rings (SSSR count). The summed E-state index contributed by atoms with van der Waals surface area (Å²) >= 11 is 1.17. The molecular weight excluding hydrogens is 446 g/mol. The van der Waals surface area contributed by atoms with Crippen LogP contribution in [0.15, 0.2) is 70.3 Å². The van der Waals surface area contributed by atoms with Gasteiger partial charge in [0.25, 0.3) is 15.9 Å². The first-order chi connectivity index (χ1) is 15.4. The van der Waals surface area contributed by atoms with Crippen molar-refractivity contribution >= 4 is 38.6 Å². The van der Waals surface area contributed by atoms with Crippen LogP contribution in [0.5, 0.6) is 0 Å². The average molecular weight is 472 g/mol. The maximum atomic E-state index is 12.6. The zero-order valence-corrected chi connectivity index (χ0v) is 19.4. The minimum atomic E-state index is -3.60. The molecule has 1 aliphatic heterocycles. The van der Waals surface area contributed by atoms with E-state index in [9.17, 15) is 13.2 Å². The summed E-state index contributed by atoms with van der Waals surface area (Å²) in [6.07, 6.45) is 0. The number of hydrogen-bond acceptors (Lipinski definition) is 6. The van der Waals surface area contributed by atoms with Crippen LogP contribution in [0.4, 0.5) is 11.4 Å². The van der Waals surface area contributed by atoms with E-state index in [0.717, 1.165) is 37.6 Å². The Bertz CT molecular complexity index is 1140. The van der Waals surface area contributed by atoms with Gasteiger partial charge in [-0.25, -0.2) is 8.42 Å². The first-order valence-electron chi connectivity index (χ1n) is 10.3. The predicted octanol–water partition coefficient (Wildman–Crippen LogP) is 3.34. The molecule has 0 saturated carbocycles. The van der Waals surface area contributed by atoms with Gasteiger partial charge in [-0.2, -0.15) is 0 Å². The van der Waals surface area contributed by atoms with Crippen molar-refractivity contribution < 1.29 is 17.9 Å². The Kier molecular flexibility index (Phi) is 6.78. The number of thiophene rings is 1. The Morgan fingerprint density at radius 3 is 2.38 bits per heavy atom. The molecule has 0 unspecified atom stereocenters. The van der Waals surface area contributed by atoms with Crippen LogP contribution in [0.2, 0.25) is 0 Å². The lowest BCUT2D eigenvalue weighted by atomic mass is 10.1. The summed E-state index contributed by atoms with van der Waals surface area (Å²) in [6.45, 7) is 3.67. The highest BCUT2D eigenvalue weighted by atomic mass is 32.2. The van der Waals surface area contributed by atoms with Crippen molar-refractivity contribution in [2.45, 2.75) is 10.8 Å². The van der Waals surface area contributed by atoms with E-state index in [-0.39, 0.29) is 10.1 Å². The van der Waals surface area contributed by atoms with Crippen LogP contribution in [-0.2, 0) is 21.3 Å². The van der Waals surface area contributed by atoms with Crippen LogP contribution in [0.3, 0.4) is 0 Å². The summed E-state index contributed by atoms with van der Waals surface area (Å²) in [4.78, 5) is 14.8. The van der Waals surface area contributed by atoms with Crippen LogP contribution >= 0.6 is 11.3 Å². The van der Waals surface area contributed by atoms with Crippen LogP contribution in [0.1, 0.15) is 15.9 Å². The van der Waals surface area contributed by atoms with Crippen LogP contribution in [0.25, 0.3) is 0 Å². The highest BCUT2D eigenvalue weighted by Gasteiger charge is 2.22. The minimum absolute atomic E-state index is 0.211. The summed E-state index contributed by atoms with van der Waals surface area (Å²) < 4.78 is 32.2. The fraction of sp³-hybridized carbons (Fsp3) is 0.261. The predicted molar refractivity (Wildman–Crippen MR) is 127 cm³/mol. The number of rotatable bonds is 7. The summed E-state index contributed by atoms with van der Waals surface area (Å²) in [5.74, 6) is -0.211. The Balaban J connectivity index is 1.35. The van der Waals surface area contributed by atoms with Crippen molar-refractivity contribution in [3.8, 4) is 0 Å². The number of sulfonamides is 1. The number of carbonyl (C=O) groups excluding carboxylic acids is 1. The highest BCUT2D eigenvalue weighted by molar-refractivity contribution is 7.94. The number of nitrogens with one attached hydrogen (secondary N) is 1. The second-order valence-electron chi connectivity index (χ2n) is 7.40. The standard InChI is InChI=1S/C23H25N3O4S2/c1-25(32(28,29)22-3-2-16-31-22)20-10-6-19(7-11-20)23(27)24-17-18-4-8-21(9-5-18)26-12-14-30-15-13-26/h2-11,16H,12-15,17H2,1H3,(H,24,27). The number of ether oxygens (including phenoxy) is 1. The van der Waals surface area contributed by atoms with E-state index in [1.165, 1.54) is 22.7 Å². The van der Waals surface area contributed by atoms with Gasteiger partial charge in [0.1, 0.15) is 4.21 Å². The molecule has 0 radical (unpaired) electrons. The highest BCUT2D eigenvalue weighted by Crippen LogP contribution is 2.25. The number of carbonyl (C=O) groups is 1. The van der Waals surface area contributed by atoms with E-state index in [4.69, 9.17) is 4.74 Å². The Morgan fingerprint density at radius 1 is 1.06 bits per heavy atom. The van der Waals surface area contributed by atoms with Crippen molar-refractivity contribution in [2.75, 3.05) is 42.6 Å². The molecule has 9 heteroatoms. The molecule has 0 atom stereocenters. The van der Waals surface area contributed by atoms with Gasteiger partial charge in [0.15, 0.2) is 0 Å². The van der Waals surface area contributed by atoms with Gasteiger partial charge < -0.3 is 15.0 Å². The van der Waals surface area contributed by atoms with Gasteiger partial charge in [-0.1, -0.05) is 18.2 Å². The lowest BCUT2D eigenvalue weighted by molar-refractivity contribution is 0.0951. The minimum Gasteiger partial charge on any atom is -0.378 e. The number of benzene rings is 2. The lowest BCUT2D eigenvalue weighted by Gasteiger charge is -2.28. The summed E-state index contributed by atoms with van der Waals surface area (Å²) in [7, 11) is -2.09. The molecule has 3 aromatic rings. The molecule has 0 spiro atoms. The van der Waals surface area contributed by atoms with E-state index in [2.05, 4.69) is 22.3 Å². The number of anilines is 2. The van der Waals surface area contributed by atoms with Crippen molar-refractivity contribution in [1.29, 1.82) is 0 Å². The summed E-state index contributed by atoms with van der Waals surface area (Å²) in [5, 5.41) is 4.64. The lowest BCUT2D eigenvalue weighted by Crippen LogP contribution is -2.36. The fourth-order valence-corrected chi connectivity index (χ4v) is 5.79. The number of hydrogen-bond donors (Lipinski definition) is 1. The molecule has 2 aromatic carbocycles. The molecule has 168 valence electrons. The molecule has 0 aliphatic carbocycles. The van der Waals surface area contributed by atoms with Gasteiger partial charge in [-0.15, -0.1) is 11.3 Å². The molecule has 7 nitrogen and oxygen atoms in total. The number of morpholine rings is 1. The van der Waals surface area contributed by atoms with Gasteiger partial charge in [-0.3, -0.25) is 9.10 Å². The van der Waals surface area contributed by atoms with Crippen molar-refractivity contribution in [3.63, 3.8) is 0 Å². The van der Waals surface area contributed by atoms with Gasteiger partial charge in [-0.05, 0) is 53.4 Å². The van der Waals surface area contributed by atoms with E-state index in [0.29, 0.717) is 17.8 Å². The molecular formula is C23H25N3O4S2. The van der Waals surface area contributed by atoms with Crippen LogP contribution in [-0.4, -0.2) is 47.7 Å². The Labute approximate surface area is 192 Å². The quantitative estimate of drug-likeness (QED) is 0.572. The Morgan fingerprint density at radius 2 is 1.75 bits per heavy atom. The molecule has 1 aromatic heterocycles. The normalized spacial score (nSPS) is 14.2. The fourth-order valence-electron chi connectivity index (χ4n) is 3.44. The zero-order chi connectivity index (χ0) is 22.6. The third-order valence-electron chi connectivity index (χ3n) is 5.37. The maximum absolute atomic E-state index is 12.6. The third-order valence-corrected chi connectivity index (χ3v) is 8.53. The topological polar surface area (TPSA) is 79.0 Å². The molecule has 1 saturated heterocycles. The van der Waals surface area contributed by atoms with Crippen LogP contribution in [0, 0.1) is 0 Å². The summed E-state index contributed by atoms with van der Waals surface area (Å²) in [5.41, 5.74) is 3.13. The van der Waals surface area contributed by atoms with Gasteiger partial charge in [0.05, 0.1) is 18.9 Å². The first-order valence-corrected chi connectivity index (χ1v) is 12.6. The molecule has 1 fully saturated rings. The zero-order valence-electron chi connectivity index (χ0n) is 17.7. The molecule has 1 aliphatic rings. The smallest absolute Gasteiger partial charge is 0.273 e. The molecule has 32 heavy (non-hydrogen) atoms. The van der Waals surface area contributed by atoms with Crippen LogP contribution < -0.4 is 14.5 Å². The average Bonchev–Trinajstić information content (AvgIpc) is 3.39. The van der Waals surface area contributed by atoms with E-state index in [1.54, 1.807) is 41.8 Å². The SMILES string of the molecule is CN(c1ccc(C(=O)NCc2ccc(N3CCOCC3)cc2)cc1)S(=O)(=O)c1cccs1. The van der Waals surface area contributed by atoms with E-state index < -0.39 is 10.0 Å². The third kappa shape index (κ3) is 4.95. The largest absolute Gasteiger partial charge is 0.378 e. The van der Waals surface area contributed by atoms with Crippen molar-refractivity contribution in [3.05, 3.63) is 77.2 Å². The van der Waals surface area contributed by atoms with Gasteiger partial charge in [0.2, 0.25) is 0 Å². The Hall–Kier alpha value is -2.88. The summed E-state index contributed by atoms with van der Waals surface area (Å²) in [6, 6.07) is 18.0.